The van der Waals surface area contributed by atoms with Crippen molar-refractivity contribution in [3.05, 3.63) is 64.7 Å². The lowest BCUT2D eigenvalue weighted by atomic mass is 10.0. The van der Waals surface area contributed by atoms with Crippen molar-refractivity contribution in [3.8, 4) is 5.75 Å². The zero-order chi connectivity index (χ0) is 21.8. The van der Waals surface area contributed by atoms with Gasteiger partial charge < -0.3 is 15.0 Å². The number of hydrogen-bond acceptors (Lipinski definition) is 6. The van der Waals surface area contributed by atoms with Crippen LogP contribution in [0.5, 0.6) is 5.75 Å². The first kappa shape index (κ1) is 20.6. The summed E-state index contributed by atoms with van der Waals surface area (Å²) in [7, 11) is 0. The number of aromatic nitrogens is 1. The van der Waals surface area contributed by atoms with Crippen LogP contribution in [0.3, 0.4) is 0 Å². The zero-order valence-corrected chi connectivity index (χ0v) is 17.3. The molecule has 0 spiro atoms. The molecule has 1 aromatic heterocycles. The molecule has 1 atom stereocenters. The number of nitro benzene ring substituents is 1. The standard InChI is InChI=1S/C23H24N4O4/c1-16-4-3-13-26(14-16)21-12-7-17-5-2-6-20(23(17)25-21)31-15-22(28)24-18-8-10-19(11-9-18)27(29)30/h2,5-12,16H,3-4,13-15H2,1H3,(H,24,28). The first-order valence-electron chi connectivity index (χ1n) is 10.3. The van der Waals surface area contributed by atoms with Gasteiger partial charge in [0.05, 0.1) is 4.92 Å². The molecule has 2 heterocycles. The van der Waals surface area contributed by atoms with Crippen LogP contribution >= 0.6 is 0 Å². The summed E-state index contributed by atoms with van der Waals surface area (Å²) < 4.78 is 5.78. The minimum atomic E-state index is -0.485. The van der Waals surface area contributed by atoms with Crippen molar-refractivity contribution in [1.82, 2.24) is 4.98 Å². The molecule has 3 aromatic rings. The fourth-order valence-electron chi connectivity index (χ4n) is 3.81. The number of nitrogens with one attached hydrogen (secondary N) is 1. The largest absolute Gasteiger partial charge is 0.481 e. The maximum absolute atomic E-state index is 12.3. The Morgan fingerprint density at radius 1 is 1.23 bits per heavy atom. The third kappa shape index (κ3) is 4.91. The van der Waals surface area contributed by atoms with Gasteiger partial charge in [-0.1, -0.05) is 19.1 Å². The van der Waals surface area contributed by atoms with Crippen LogP contribution in [-0.2, 0) is 4.79 Å². The third-order valence-corrected chi connectivity index (χ3v) is 5.37. The molecule has 1 N–H and O–H groups in total. The minimum absolute atomic E-state index is 0.0324. The molecule has 160 valence electrons. The Morgan fingerprint density at radius 2 is 2.03 bits per heavy atom. The molecule has 0 radical (unpaired) electrons. The van der Waals surface area contributed by atoms with E-state index in [-0.39, 0.29) is 18.2 Å². The van der Waals surface area contributed by atoms with Gasteiger partial charge in [0.15, 0.2) is 6.61 Å². The van der Waals surface area contributed by atoms with Crippen LogP contribution in [0, 0.1) is 16.0 Å². The van der Waals surface area contributed by atoms with Gasteiger partial charge in [-0.15, -0.1) is 0 Å². The van der Waals surface area contributed by atoms with Gasteiger partial charge >= 0.3 is 0 Å². The summed E-state index contributed by atoms with van der Waals surface area (Å²) in [4.78, 5) is 29.7. The van der Waals surface area contributed by atoms with E-state index in [9.17, 15) is 14.9 Å². The molecule has 8 heteroatoms. The van der Waals surface area contributed by atoms with Gasteiger partial charge in [-0.2, -0.15) is 0 Å². The highest BCUT2D eigenvalue weighted by Gasteiger charge is 2.18. The SMILES string of the molecule is CC1CCCN(c2ccc3cccc(OCC(=O)Nc4ccc([N+](=O)[O-])cc4)c3n2)C1. The van der Waals surface area contributed by atoms with E-state index in [0.717, 1.165) is 36.2 Å². The molecule has 0 aliphatic carbocycles. The third-order valence-electron chi connectivity index (χ3n) is 5.37. The number of nitrogens with zero attached hydrogens (tertiary/aromatic N) is 3. The second-order valence-electron chi connectivity index (χ2n) is 7.83. The predicted molar refractivity (Wildman–Crippen MR) is 120 cm³/mol. The van der Waals surface area contributed by atoms with Gasteiger partial charge in [0, 0.05) is 36.3 Å². The topological polar surface area (TPSA) is 97.6 Å². The number of carbonyl (C=O) groups excluding carboxylic acids is 1. The molecular formula is C23H24N4O4. The Labute approximate surface area is 180 Å². The van der Waals surface area contributed by atoms with Crippen LogP contribution in [0.1, 0.15) is 19.8 Å². The van der Waals surface area contributed by atoms with E-state index in [1.165, 1.54) is 30.7 Å². The normalized spacial score (nSPS) is 16.2. The summed E-state index contributed by atoms with van der Waals surface area (Å²) in [5.74, 6) is 1.75. The molecule has 1 amide bonds. The van der Waals surface area contributed by atoms with E-state index in [0.29, 0.717) is 17.4 Å². The van der Waals surface area contributed by atoms with Crippen molar-refractivity contribution in [1.29, 1.82) is 0 Å². The zero-order valence-electron chi connectivity index (χ0n) is 17.3. The number of para-hydroxylation sites is 1. The van der Waals surface area contributed by atoms with Crippen molar-refractivity contribution in [3.63, 3.8) is 0 Å². The highest BCUT2D eigenvalue weighted by Crippen LogP contribution is 2.28. The summed E-state index contributed by atoms with van der Waals surface area (Å²) in [5, 5.41) is 14.4. The summed E-state index contributed by atoms with van der Waals surface area (Å²) in [6.45, 7) is 4.04. The van der Waals surface area contributed by atoms with E-state index < -0.39 is 4.92 Å². The predicted octanol–water partition coefficient (Wildman–Crippen LogP) is 4.40. The second kappa shape index (κ2) is 8.99. The summed E-state index contributed by atoms with van der Waals surface area (Å²) >= 11 is 0. The first-order chi connectivity index (χ1) is 15.0. The van der Waals surface area contributed by atoms with Crippen molar-refractivity contribution in [2.75, 3.05) is 29.9 Å². The molecule has 1 aliphatic heterocycles. The first-order valence-corrected chi connectivity index (χ1v) is 10.3. The number of benzene rings is 2. The van der Waals surface area contributed by atoms with E-state index in [4.69, 9.17) is 9.72 Å². The average Bonchev–Trinajstić information content (AvgIpc) is 2.77. The number of hydrogen-bond donors (Lipinski definition) is 1. The van der Waals surface area contributed by atoms with Crippen LogP contribution in [0.15, 0.2) is 54.6 Å². The van der Waals surface area contributed by atoms with Crippen LogP contribution in [0.25, 0.3) is 10.9 Å². The number of rotatable bonds is 6. The fourth-order valence-corrected chi connectivity index (χ4v) is 3.81. The summed E-state index contributed by atoms with van der Waals surface area (Å²) in [6.07, 6.45) is 2.39. The molecule has 1 fully saturated rings. The smallest absolute Gasteiger partial charge is 0.269 e. The number of carbonyl (C=O) groups is 1. The lowest BCUT2D eigenvalue weighted by Crippen LogP contribution is -2.34. The molecule has 0 saturated carbocycles. The minimum Gasteiger partial charge on any atom is -0.481 e. The molecule has 1 unspecified atom stereocenters. The Balaban J connectivity index is 1.45. The Hall–Kier alpha value is -3.68. The van der Waals surface area contributed by atoms with E-state index in [1.807, 2.05) is 24.3 Å². The maximum Gasteiger partial charge on any atom is 0.269 e. The van der Waals surface area contributed by atoms with Crippen molar-refractivity contribution >= 4 is 34.0 Å². The van der Waals surface area contributed by atoms with Gasteiger partial charge in [-0.3, -0.25) is 14.9 Å². The van der Waals surface area contributed by atoms with Crippen LogP contribution in [0.4, 0.5) is 17.2 Å². The number of anilines is 2. The molecule has 4 rings (SSSR count). The van der Waals surface area contributed by atoms with Crippen molar-refractivity contribution in [2.45, 2.75) is 19.8 Å². The molecule has 0 bridgehead atoms. The molecule has 8 nitrogen and oxygen atoms in total. The number of amides is 1. The fraction of sp³-hybridized carbons (Fsp3) is 0.304. The van der Waals surface area contributed by atoms with Gasteiger partial charge in [0.1, 0.15) is 17.1 Å². The quantitative estimate of drug-likeness (QED) is 0.469. The van der Waals surface area contributed by atoms with Crippen molar-refractivity contribution < 1.29 is 14.5 Å². The Kier molecular flexibility index (Phi) is 5.97. The number of nitro groups is 1. The Bertz CT molecular complexity index is 1100. The molecule has 1 aliphatic rings. The Morgan fingerprint density at radius 3 is 2.77 bits per heavy atom. The second-order valence-corrected chi connectivity index (χ2v) is 7.83. The van der Waals surface area contributed by atoms with E-state index in [2.05, 4.69) is 17.1 Å². The molecule has 1 saturated heterocycles. The van der Waals surface area contributed by atoms with Gasteiger partial charge in [0.25, 0.3) is 11.6 Å². The molecule has 2 aromatic carbocycles. The lowest BCUT2D eigenvalue weighted by molar-refractivity contribution is -0.384. The van der Waals surface area contributed by atoms with Crippen LogP contribution < -0.4 is 15.0 Å². The number of fused-ring (bicyclic) bond motifs is 1. The van der Waals surface area contributed by atoms with Gasteiger partial charge in [-0.25, -0.2) is 4.98 Å². The average molecular weight is 420 g/mol. The number of ether oxygens (including phenoxy) is 1. The van der Waals surface area contributed by atoms with E-state index in [1.54, 1.807) is 6.07 Å². The molecular weight excluding hydrogens is 396 g/mol. The number of non-ortho nitro benzene ring substituents is 1. The maximum atomic E-state index is 12.3. The summed E-state index contributed by atoms with van der Waals surface area (Å²) in [5.41, 5.74) is 1.16. The van der Waals surface area contributed by atoms with Crippen LogP contribution in [0.2, 0.25) is 0 Å². The van der Waals surface area contributed by atoms with E-state index >= 15 is 0 Å². The highest BCUT2D eigenvalue weighted by molar-refractivity contribution is 5.92. The number of piperidine rings is 1. The highest BCUT2D eigenvalue weighted by atomic mass is 16.6. The van der Waals surface area contributed by atoms with Gasteiger partial charge in [0.2, 0.25) is 0 Å². The van der Waals surface area contributed by atoms with Crippen LogP contribution in [-0.4, -0.2) is 35.5 Å². The van der Waals surface area contributed by atoms with Crippen molar-refractivity contribution in [2.24, 2.45) is 5.92 Å². The lowest BCUT2D eigenvalue weighted by Gasteiger charge is -2.32. The van der Waals surface area contributed by atoms with Gasteiger partial charge in [-0.05, 0) is 49.1 Å². The molecule has 31 heavy (non-hydrogen) atoms. The summed E-state index contributed by atoms with van der Waals surface area (Å²) in [6, 6.07) is 15.4. The monoisotopic (exact) mass is 420 g/mol. The number of pyridine rings is 1.